The number of aromatic nitrogens is 1. The Bertz CT molecular complexity index is 1060. The minimum absolute atomic E-state index is 0. The van der Waals surface area contributed by atoms with Crippen molar-refractivity contribution in [1.82, 2.24) is 9.88 Å². The Hall–Kier alpha value is -3.09. The third-order valence-corrected chi connectivity index (χ3v) is 5.95. The highest BCUT2D eigenvalue weighted by Crippen LogP contribution is 2.42. The van der Waals surface area contributed by atoms with Crippen LogP contribution in [0.4, 0.5) is 13.2 Å². The molecule has 0 aliphatic carbocycles. The molecule has 4 rings (SSSR count). The highest BCUT2D eigenvalue weighted by atomic mass is 19.4. The molecular formula is C23H27F3N2O7. The van der Waals surface area contributed by atoms with E-state index in [1.54, 1.807) is 24.3 Å². The highest BCUT2D eigenvalue weighted by molar-refractivity contribution is 5.95. The summed E-state index contributed by atoms with van der Waals surface area (Å²) in [6.07, 6.45) is -3.03. The summed E-state index contributed by atoms with van der Waals surface area (Å²) in [5.41, 5.74) is 0.245. The minimum atomic E-state index is -4.73. The van der Waals surface area contributed by atoms with Crippen LogP contribution >= 0.6 is 0 Å². The lowest BCUT2D eigenvalue weighted by molar-refractivity contribution is -0.325. The first-order valence-electron chi connectivity index (χ1n) is 10.8. The Balaban J connectivity index is 0.00000361. The van der Waals surface area contributed by atoms with Crippen LogP contribution in [-0.2, 0) is 19.8 Å². The van der Waals surface area contributed by atoms with Crippen LogP contribution in [0.2, 0.25) is 0 Å². The van der Waals surface area contributed by atoms with Crippen LogP contribution in [0, 0.1) is 0 Å². The molecule has 9 nitrogen and oxygen atoms in total. The van der Waals surface area contributed by atoms with Gasteiger partial charge in [0, 0.05) is 32.2 Å². The van der Waals surface area contributed by atoms with Crippen molar-refractivity contribution in [3.05, 3.63) is 47.8 Å². The average Bonchev–Trinajstić information content (AvgIpc) is 3.30. The predicted octanol–water partition coefficient (Wildman–Crippen LogP) is 3.37. The molecular weight excluding hydrogens is 473 g/mol. The number of carbonyl (C=O) groups excluding carboxylic acids is 1. The lowest BCUT2D eigenvalue weighted by Gasteiger charge is -2.41. The van der Waals surface area contributed by atoms with E-state index in [2.05, 4.69) is 9.72 Å². The quantitative estimate of drug-likeness (QED) is 0.510. The van der Waals surface area contributed by atoms with Crippen molar-refractivity contribution in [3.8, 4) is 17.2 Å². The molecule has 2 aromatic rings. The summed E-state index contributed by atoms with van der Waals surface area (Å²) in [6, 6.07) is 8.04. The van der Waals surface area contributed by atoms with Gasteiger partial charge in [-0.3, -0.25) is 14.5 Å². The van der Waals surface area contributed by atoms with Gasteiger partial charge in [-0.15, -0.1) is 13.2 Å². The van der Waals surface area contributed by atoms with E-state index in [9.17, 15) is 18.0 Å². The number of nitrogens with zero attached hydrogens (tertiary/aromatic N) is 2. The smallest absolute Gasteiger partial charge is 0.497 e. The van der Waals surface area contributed by atoms with Gasteiger partial charge in [-0.05, 0) is 24.3 Å². The van der Waals surface area contributed by atoms with Gasteiger partial charge in [-0.25, -0.2) is 0 Å². The first-order valence-corrected chi connectivity index (χ1v) is 10.8. The van der Waals surface area contributed by atoms with Crippen molar-refractivity contribution in [2.45, 2.75) is 24.5 Å². The number of methoxy groups -OCH3 is 2. The van der Waals surface area contributed by atoms with Gasteiger partial charge in [0.05, 0.1) is 33.1 Å². The monoisotopic (exact) mass is 500 g/mol. The molecule has 2 saturated heterocycles. The normalized spacial score (nSPS) is 22.0. The summed E-state index contributed by atoms with van der Waals surface area (Å²) >= 11 is 0. The Labute approximate surface area is 201 Å². The number of amides is 1. The molecule has 0 unspecified atom stereocenters. The number of rotatable bonds is 8. The number of likely N-dealkylation sites (tertiary alicyclic amines) is 1. The summed E-state index contributed by atoms with van der Waals surface area (Å²) in [6.45, 7) is -0.243. The van der Waals surface area contributed by atoms with E-state index in [0.717, 1.165) is 0 Å². The molecule has 0 saturated carbocycles. The zero-order valence-electron chi connectivity index (χ0n) is 19.2. The van der Waals surface area contributed by atoms with Gasteiger partial charge in [0.25, 0.3) is 5.91 Å². The van der Waals surface area contributed by atoms with Crippen molar-refractivity contribution in [1.29, 1.82) is 0 Å². The molecule has 1 aromatic carbocycles. The van der Waals surface area contributed by atoms with E-state index in [4.69, 9.17) is 23.7 Å². The number of alkyl halides is 3. The fraction of sp³-hybridized carbons (Fsp3) is 0.478. The molecule has 12 heteroatoms. The Kier molecular flexibility index (Phi) is 7.33. The van der Waals surface area contributed by atoms with Crippen LogP contribution in [0.1, 0.15) is 23.9 Å². The fourth-order valence-corrected chi connectivity index (χ4v) is 4.21. The minimum Gasteiger partial charge on any atom is -0.497 e. The van der Waals surface area contributed by atoms with Gasteiger partial charge in [0.2, 0.25) is 0 Å². The van der Waals surface area contributed by atoms with E-state index in [0.29, 0.717) is 30.0 Å². The second-order valence-electron chi connectivity index (χ2n) is 7.90. The molecule has 2 aliphatic rings. The third-order valence-electron chi connectivity index (χ3n) is 5.95. The van der Waals surface area contributed by atoms with Gasteiger partial charge in [-0.2, -0.15) is 0 Å². The summed E-state index contributed by atoms with van der Waals surface area (Å²) < 4.78 is 67.7. The largest absolute Gasteiger partial charge is 0.522 e. The maximum absolute atomic E-state index is 13.2. The zero-order valence-corrected chi connectivity index (χ0v) is 19.2. The van der Waals surface area contributed by atoms with Crippen molar-refractivity contribution >= 4 is 5.91 Å². The number of benzene rings is 1. The number of piperidine rings is 1. The molecule has 0 radical (unpaired) electrons. The molecule has 1 amide bonds. The van der Waals surface area contributed by atoms with Gasteiger partial charge in [0.15, 0.2) is 11.5 Å². The molecule has 2 atom stereocenters. The van der Waals surface area contributed by atoms with Crippen molar-refractivity contribution in [3.63, 3.8) is 0 Å². The molecule has 0 N–H and O–H groups in total. The third kappa shape index (κ3) is 5.44. The lowest BCUT2D eigenvalue weighted by atomic mass is 9.84. The summed E-state index contributed by atoms with van der Waals surface area (Å²) in [5.74, 6) is 0.814. The van der Waals surface area contributed by atoms with Crippen LogP contribution in [0.25, 0.3) is 0 Å². The molecule has 1 aromatic heterocycles. The Morgan fingerprint density at radius 2 is 2.03 bits per heavy atom. The Morgan fingerprint density at radius 1 is 1.20 bits per heavy atom. The van der Waals surface area contributed by atoms with Crippen molar-refractivity contribution in [2.75, 3.05) is 47.3 Å². The highest BCUT2D eigenvalue weighted by Gasteiger charge is 2.52. The topological polar surface area (TPSA) is 88.6 Å². The van der Waals surface area contributed by atoms with Crippen molar-refractivity contribution < 1.29 is 47.8 Å². The number of hydrogen-bond donors (Lipinski definition) is 0. The number of fused-ring (bicyclic) bond motifs is 1. The maximum Gasteiger partial charge on any atom is 0.522 e. The Morgan fingerprint density at radius 3 is 2.77 bits per heavy atom. The van der Waals surface area contributed by atoms with Gasteiger partial charge >= 0.3 is 6.36 Å². The molecule has 192 valence electrons. The van der Waals surface area contributed by atoms with E-state index in [-0.39, 0.29) is 38.8 Å². The standard InChI is InChI=1S/C23H25F3N2O7.H2/c1-30-16-5-7-27-19(12-16)22-6-8-28(13-20(22)33-14-35-22)21(29)15-3-4-17(18(11-15)31-2)32-9-10-34-23(24,25)26;/h3-5,7,11-12,20H,6,8-10,13-14H2,1-2H3;1H/t20-,22-;/m1./s1. The van der Waals surface area contributed by atoms with E-state index in [1.165, 1.54) is 25.3 Å². The first-order chi connectivity index (χ1) is 16.8. The van der Waals surface area contributed by atoms with E-state index < -0.39 is 24.7 Å². The number of ether oxygens (including phenoxy) is 6. The second-order valence-corrected chi connectivity index (χ2v) is 7.90. The molecule has 2 aliphatic heterocycles. The number of pyridine rings is 1. The molecule has 2 fully saturated rings. The van der Waals surface area contributed by atoms with E-state index >= 15 is 0 Å². The first kappa shape index (κ1) is 25.0. The SMILES string of the molecule is COc1ccnc([C@]23CCN(C(=O)c4ccc(OCCOC(F)(F)F)c(OC)c4)C[C@H]2OCO3)c1.[HH]. The number of halogens is 3. The van der Waals surface area contributed by atoms with E-state index in [1.807, 2.05) is 6.07 Å². The fourth-order valence-electron chi connectivity index (χ4n) is 4.21. The summed E-state index contributed by atoms with van der Waals surface area (Å²) in [5, 5.41) is 0. The lowest BCUT2D eigenvalue weighted by Crippen LogP contribution is -2.53. The molecule has 35 heavy (non-hydrogen) atoms. The van der Waals surface area contributed by atoms with Crippen LogP contribution in [0.15, 0.2) is 36.5 Å². The zero-order chi connectivity index (χ0) is 25.1. The summed E-state index contributed by atoms with van der Waals surface area (Å²) in [4.78, 5) is 19.3. The van der Waals surface area contributed by atoms with Gasteiger partial charge < -0.3 is 28.6 Å². The number of hydrogen-bond acceptors (Lipinski definition) is 8. The summed E-state index contributed by atoms with van der Waals surface area (Å²) in [7, 11) is 2.95. The van der Waals surface area contributed by atoms with Gasteiger partial charge in [-0.1, -0.05) is 0 Å². The molecule has 0 spiro atoms. The van der Waals surface area contributed by atoms with Crippen molar-refractivity contribution in [2.24, 2.45) is 0 Å². The van der Waals surface area contributed by atoms with Crippen LogP contribution < -0.4 is 14.2 Å². The second kappa shape index (κ2) is 10.3. The molecule has 3 heterocycles. The molecule has 0 bridgehead atoms. The number of carbonyl (C=O) groups is 1. The average molecular weight is 500 g/mol. The van der Waals surface area contributed by atoms with Crippen LogP contribution in [0.5, 0.6) is 17.2 Å². The predicted molar refractivity (Wildman–Crippen MR) is 116 cm³/mol. The van der Waals surface area contributed by atoms with Crippen LogP contribution in [0.3, 0.4) is 0 Å². The van der Waals surface area contributed by atoms with Gasteiger partial charge in [0.1, 0.15) is 30.9 Å². The van der Waals surface area contributed by atoms with Crippen LogP contribution in [-0.4, -0.2) is 75.6 Å². The maximum atomic E-state index is 13.2.